The summed E-state index contributed by atoms with van der Waals surface area (Å²) in [5.41, 5.74) is 1.17. The van der Waals surface area contributed by atoms with E-state index in [9.17, 15) is 4.79 Å². The van der Waals surface area contributed by atoms with E-state index in [1.807, 2.05) is 29.2 Å². The Morgan fingerprint density at radius 3 is 2.50 bits per heavy atom. The number of nitrogens with zero attached hydrogens (tertiary/aromatic N) is 2. The number of aliphatic hydroxyl groups excluding tert-OH is 1. The van der Waals surface area contributed by atoms with Crippen molar-refractivity contribution in [3.05, 3.63) is 29.8 Å². The number of carbonyl (C=O) groups is 1. The van der Waals surface area contributed by atoms with Gasteiger partial charge in [-0.15, -0.1) is 0 Å². The van der Waals surface area contributed by atoms with E-state index in [0.717, 1.165) is 25.3 Å². The number of methoxy groups -OCH3 is 1. The Hall–Kier alpha value is -1.79. The van der Waals surface area contributed by atoms with E-state index in [2.05, 4.69) is 10.2 Å². The Morgan fingerprint density at radius 2 is 1.91 bits per heavy atom. The third kappa shape index (κ3) is 4.89. The Labute approximate surface area is 131 Å². The van der Waals surface area contributed by atoms with Crippen LogP contribution in [0.4, 0.5) is 4.79 Å². The molecule has 1 aliphatic rings. The lowest BCUT2D eigenvalue weighted by Crippen LogP contribution is -2.52. The van der Waals surface area contributed by atoms with Gasteiger partial charge in [0.25, 0.3) is 0 Å². The molecule has 1 aromatic rings. The molecule has 2 N–H and O–H groups in total. The number of ether oxygens (including phenoxy) is 1. The third-order valence-corrected chi connectivity index (χ3v) is 3.92. The maximum Gasteiger partial charge on any atom is 0.317 e. The number of piperazine rings is 1. The molecule has 0 radical (unpaired) electrons. The summed E-state index contributed by atoms with van der Waals surface area (Å²) in [6.07, 6.45) is 0.806. The summed E-state index contributed by atoms with van der Waals surface area (Å²) in [5.74, 6) is 0.841. The summed E-state index contributed by atoms with van der Waals surface area (Å²) >= 11 is 0. The van der Waals surface area contributed by atoms with Crippen LogP contribution in [0.15, 0.2) is 24.3 Å². The van der Waals surface area contributed by atoms with E-state index in [4.69, 9.17) is 9.84 Å². The largest absolute Gasteiger partial charge is 0.497 e. The molecule has 6 nitrogen and oxygen atoms in total. The van der Waals surface area contributed by atoms with Crippen LogP contribution in [0.1, 0.15) is 5.56 Å². The molecule has 0 bridgehead atoms. The standard InChI is InChI=1S/C16H25N3O3/c1-22-15-4-2-14(3-5-15)6-7-17-16(21)19-10-8-18(9-11-19)12-13-20/h2-5,20H,6-13H2,1H3,(H,17,21). The van der Waals surface area contributed by atoms with E-state index in [-0.39, 0.29) is 12.6 Å². The second-order valence-corrected chi connectivity index (χ2v) is 5.38. The Kier molecular flexibility index (Phi) is 6.48. The molecule has 0 saturated carbocycles. The quantitative estimate of drug-likeness (QED) is 0.806. The zero-order valence-electron chi connectivity index (χ0n) is 13.1. The van der Waals surface area contributed by atoms with E-state index >= 15 is 0 Å². The van der Waals surface area contributed by atoms with Gasteiger partial charge in [0, 0.05) is 39.3 Å². The van der Waals surface area contributed by atoms with Crippen LogP contribution in [-0.4, -0.2) is 73.9 Å². The minimum atomic E-state index is -0.00263. The maximum absolute atomic E-state index is 12.1. The molecule has 6 heteroatoms. The fourth-order valence-corrected chi connectivity index (χ4v) is 2.53. The first-order valence-corrected chi connectivity index (χ1v) is 7.72. The number of amides is 2. The molecule has 2 amide bonds. The number of rotatable bonds is 6. The molecule has 0 unspecified atom stereocenters. The van der Waals surface area contributed by atoms with Crippen LogP contribution in [-0.2, 0) is 6.42 Å². The molecule has 1 fully saturated rings. The van der Waals surface area contributed by atoms with Crippen LogP contribution >= 0.6 is 0 Å². The molecular formula is C16H25N3O3. The summed E-state index contributed by atoms with van der Waals surface area (Å²) in [5, 5.41) is 11.9. The van der Waals surface area contributed by atoms with E-state index in [1.165, 1.54) is 5.56 Å². The van der Waals surface area contributed by atoms with Crippen molar-refractivity contribution >= 4 is 6.03 Å². The van der Waals surface area contributed by atoms with E-state index < -0.39 is 0 Å². The maximum atomic E-state index is 12.1. The highest BCUT2D eigenvalue weighted by molar-refractivity contribution is 5.74. The van der Waals surface area contributed by atoms with Crippen molar-refractivity contribution in [3.63, 3.8) is 0 Å². The Morgan fingerprint density at radius 1 is 1.23 bits per heavy atom. The third-order valence-electron chi connectivity index (χ3n) is 3.92. The van der Waals surface area contributed by atoms with Gasteiger partial charge in [-0.1, -0.05) is 12.1 Å². The Bertz CT molecular complexity index is 456. The van der Waals surface area contributed by atoms with Crippen molar-refractivity contribution in [3.8, 4) is 5.75 Å². The fourth-order valence-electron chi connectivity index (χ4n) is 2.53. The topological polar surface area (TPSA) is 65.0 Å². The van der Waals surface area contributed by atoms with Gasteiger partial charge in [-0.05, 0) is 24.1 Å². The average molecular weight is 307 g/mol. The van der Waals surface area contributed by atoms with Gasteiger partial charge in [-0.2, -0.15) is 0 Å². The molecule has 1 aromatic carbocycles. The Balaban J connectivity index is 1.67. The zero-order chi connectivity index (χ0) is 15.8. The van der Waals surface area contributed by atoms with Gasteiger partial charge in [0.05, 0.1) is 13.7 Å². The van der Waals surface area contributed by atoms with Gasteiger partial charge in [-0.25, -0.2) is 4.79 Å². The van der Waals surface area contributed by atoms with Crippen molar-refractivity contribution < 1.29 is 14.6 Å². The number of β-amino-alcohol motifs (C(OH)–C–C–N with tert-alkyl or cyclic N) is 1. The van der Waals surface area contributed by atoms with Gasteiger partial charge in [0.15, 0.2) is 0 Å². The molecule has 1 aliphatic heterocycles. The molecule has 0 aromatic heterocycles. The molecule has 0 atom stereocenters. The fraction of sp³-hybridized carbons (Fsp3) is 0.562. The summed E-state index contributed by atoms with van der Waals surface area (Å²) in [7, 11) is 1.65. The summed E-state index contributed by atoms with van der Waals surface area (Å²) in [6.45, 7) is 4.57. The number of carbonyl (C=O) groups excluding carboxylic acids is 1. The molecule has 122 valence electrons. The van der Waals surface area contributed by atoms with Crippen molar-refractivity contribution in [2.45, 2.75) is 6.42 Å². The monoisotopic (exact) mass is 307 g/mol. The second-order valence-electron chi connectivity index (χ2n) is 5.38. The van der Waals surface area contributed by atoms with Crippen LogP contribution in [0, 0.1) is 0 Å². The molecule has 2 rings (SSSR count). The molecular weight excluding hydrogens is 282 g/mol. The first kappa shape index (κ1) is 16.6. The number of benzene rings is 1. The highest BCUT2D eigenvalue weighted by Gasteiger charge is 2.20. The minimum absolute atomic E-state index is 0.00263. The predicted octanol–water partition coefficient (Wildman–Crippen LogP) is 0.557. The first-order valence-electron chi connectivity index (χ1n) is 7.72. The second kappa shape index (κ2) is 8.60. The SMILES string of the molecule is COc1ccc(CCNC(=O)N2CCN(CCO)CC2)cc1. The summed E-state index contributed by atoms with van der Waals surface area (Å²) < 4.78 is 5.12. The lowest BCUT2D eigenvalue weighted by Gasteiger charge is -2.34. The van der Waals surface area contributed by atoms with Crippen molar-refractivity contribution in [1.82, 2.24) is 15.1 Å². The van der Waals surface area contributed by atoms with Crippen LogP contribution in [0.3, 0.4) is 0 Å². The number of aliphatic hydroxyl groups is 1. The number of hydrogen-bond donors (Lipinski definition) is 2. The summed E-state index contributed by atoms with van der Waals surface area (Å²) in [4.78, 5) is 16.1. The normalized spacial score (nSPS) is 15.6. The first-order chi connectivity index (χ1) is 10.7. The highest BCUT2D eigenvalue weighted by Crippen LogP contribution is 2.11. The van der Waals surface area contributed by atoms with Gasteiger partial charge in [-0.3, -0.25) is 4.90 Å². The van der Waals surface area contributed by atoms with Gasteiger partial charge in [0.1, 0.15) is 5.75 Å². The van der Waals surface area contributed by atoms with Gasteiger partial charge in [0.2, 0.25) is 0 Å². The molecule has 0 spiro atoms. The van der Waals surface area contributed by atoms with Crippen molar-refractivity contribution in [1.29, 1.82) is 0 Å². The molecule has 1 heterocycles. The van der Waals surface area contributed by atoms with Crippen LogP contribution in [0.25, 0.3) is 0 Å². The van der Waals surface area contributed by atoms with Crippen LogP contribution in [0.2, 0.25) is 0 Å². The van der Waals surface area contributed by atoms with Gasteiger partial charge < -0.3 is 20.1 Å². The highest BCUT2D eigenvalue weighted by atomic mass is 16.5. The van der Waals surface area contributed by atoms with Crippen LogP contribution in [0.5, 0.6) is 5.75 Å². The predicted molar refractivity (Wildman–Crippen MR) is 85.2 cm³/mol. The minimum Gasteiger partial charge on any atom is -0.497 e. The number of nitrogens with one attached hydrogen (secondary N) is 1. The summed E-state index contributed by atoms with van der Waals surface area (Å²) in [6, 6.07) is 7.88. The smallest absolute Gasteiger partial charge is 0.317 e. The van der Waals surface area contributed by atoms with E-state index in [1.54, 1.807) is 7.11 Å². The van der Waals surface area contributed by atoms with Gasteiger partial charge >= 0.3 is 6.03 Å². The number of urea groups is 1. The number of hydrogen-bond acceptors (Lipinski definition) is 4. The van der Waals surface area contributed by atoms with Crippen LogP contribution < -0.4 is 10.1 Å². The molecule has 0 aliphatic carbocycles. The van der Waals surface area contributed by atoms with Crippen molar-refractivity contribution in [2.75, 3.05) is 53.0 Å². The average Bonchev–Trinajstić information content (AvgIpc) is 2.56. The lowest BCUT2D eigenvalue weighted by molar-refractivity contribution is 0.122. The molecule has 22 heavy (non-hydrogen) atoms. The van der Waals surface area contributed by atoms with E-state index in [0.29, 0.717) is 26.2 Å². The van der Waals surface area contributed by atoms with Crippen molar-refractivity contribution in [2.24, 2.45) is 0 Å². The lowest BCUT2D eigenvalue weighted by atomic mass is 10.1. The molecule has 1 saturated heterocycles. The zero-order valence-corrected chi connectivity index (χ0v) is 13.1.